The first-order valence-corrected chi connectivity index (χ1v) is 5.84. The van der Waals surface area contributed by atoms with Crippen LogP contribution in [0.5, 0.6) is 0 Å². The molecule has 0 unspecified atom stereocenters. The zero-order valence-corrected chi connectivity index (χ0v) is 9.92. The molecule has 0 spiro atoms. The number of pyridine rings is 1. The Kier molecular flexibility index (Phi) is 3.47. The van der Waals surface area contributed by atoms with Crippen molar-refractivity contribution in [3.63, 3.8) is 0 Å². The van der Waals surface area contributed by atoms with Crippen molar-refractivity contribution in [3.8, 4) is 0 Å². The van der Waals surface area contributed by atoms with Crippen LogP contribution in [-0.4, -0.2) is 4.98 Å². The van der Waals surface area contributed by atoms with E-state index in [1.807, 2.05) is 0 Å². The zero-order chi connectivity index (χ0) is 13.2. The Bertz CT molecular complexity index is 541. The molecule has 1 heterocycles. The third kappa shape index (κ3) is 2.95. The van der Waals surface area contributed by atoms with Gasteiger partial charge in [0.1, 0.15) is 5.03 Å². The standard InChI is InChI=1S/C12H9F3N2S/c13-12(14,15)8-4-5-10(9(16)7-8)18-11-3-1-2-6-17-11/h1-7H,16H2. The normalized spacial score (nSPS) is 11.5. The minimum absolute atomic E-state index is 0.0977. The van der Waals surface area contributed by atoms with Crippen LogP contribution in [0.3, 0.4) is 0 Å². The molecule has 0 aliphatic carbocycles. The van der Waals surface area contributed by atoms with Crippen LogP contribution in [0.2, 0.25) is 0 Å². The van der Waals surface area contributed by atoms with Crippen LogP contribution in [0, 0.1) is 0 Å². The second kappa shape index (κ2) is 4.89. The van der Waals surface area contributed by atoms with Gasteiger partial charge in [0.15, 0.2) is 0 Å². The Morgan fingerprint density at radius 1 is 1.11 bits per heavy atom. The summed E-state index contributed by atoms with van der Waals surface area (Å²) in [6, 6.07) is 8.64. The summed E-state index contributed by atoms with van der Waals surface area (Å²) in [7, 11) is 0. The molecular weight excluding hydrogens is 261 g/mol. The molecule has 0 amide bonds. The fourth-order valence-electron chi connectivity index (χ4n) is 1.34. The molecule has 0 fully saturated rings. The van der Waals surface area contributed by atoms with E-state index >= 15 is 0 Å². The average Bonchev–Trinajstić information content (AvgIpc) is 2.32. The molecule has 2 nitrogen and oxygen atoms in total. The molecule has 6 heteroatoms. The molecule has 1 aromatic carbocycles. The summed E-state index contributed by atoms with van der Waals surface area (Å²) in [6.07, 6.45) is -2.76. The maximum absolute atomic E-state index is 12.5. The minimum atomic E-state index is -4.37. The number of aromatic nitrogens is 1. The van der Waals surface area contributed by atoms with E-state index in [0.717, 1.165) is 12.1 Å². The molecule has 0 radical (unpaired) electrons. The van der Waals surface area contributed by atoms with Crippen molar-refractivity contribution in [2.45, 2.75) is 16.1 Å². The van der Waals surface area contributed by atoms with Gasteiger partial charge in [-0.3, -0.25) is 0 Å². The molecule has 0 saturated carbocycles. The number of alkyl halides is 3. The Hall–Kier alpha value is -1.69. The average molecular weight is 270 g/mol. The highest BCUT2D eigenvalue weighted by molar-refractivity contribution is 7.99. The van der Waals surface area contributed by atoms with Crippen LogP contribution in [-0.2, 0) is 6.18 Å². The first kappa shape index (κ1) is 12.8. The summed E-state index contributed by atoms with van der Waals surface area (Å²) in [6.45, 7) is 0. The van der Waals surface area contributed by atoms with Gasteiger partial charge < -0.3 is 5.73 Å². The number of nitrogens with zero attached hydrogens (tertiary/aromatic N) is 1. The SMILES string of the molecule is Nc1cc(C(F)(F)F)ccc1Sc1ccccn1. The summed E-state index contributed by atoms with van der Waals surface area (Å²) in [4.78, 5) is 4.63. The second-order valence-corrected chi connectivity index (χ2v) is 4.58. The molecule has 0 aliphatic heterocycles. The number of halogens is 3. The molecule has 0 saturated heterocycles. The lowest BCUT2D eigenvalue weighted by Gasteiger charge is -2.10. The van der Waals surface area contributed by atoms with Crippen LogP contribution >= 0.6 is 11.8 Å². The van der Waals surface area contributed by atoms with E-state index in [2.05, 4.69) is 4.98 Å². The van der Waals surface area contributed by atoms with Crippen molar-refractivity contribution in [3.05, 3.63) is 48.2 Å². The number of hydrogen-bond donors (Lipinski definition) is 1. The smallest absolute Gasteiger partial charge is 0.398 e. The molecule has 0 bridgehead atoms. The van der Waals surface area contributed by atoms with E-state index in [-0.39, 0.29) is 5.69 Å². The van der Waals surface area contributed by atoms with Gasteiger partial charge in [0.05, 0.1) is 5.56 Å². The highest BCUT2D eigenvalue weighted by atomic mass is 32.2. The predicted molar refractivity (Wildman–Crippen MR) is 64.2 cm³/mol. The van der Waals surface area contributed by atoms with E-state index in [9.17, 15) is 13.2 Å². The van der Waals surface area contributed by atoms with Gasteiger partial charge in [0.2, 0.25) is 0 Å². The Morgan fingerprint density at radius 2 is 1.89 bits per heavy atom. The third-order valence-corrected chi connectivity index (χ3v) is 3.23. The van der Waals surface area contributed by atoms with Crippen LogP contribution < -0.4 is 5.73 Å². The summed E-state index contributed by atoms with van der Waals surface area (Å²) in [5, 5.41) is 0.684. The molecule has 18 heavy (non-hydrogen) atoms. The van der Waals surface area contributed by atoms with Crippen LogP contribution in [0.25, 0.3) is 0 Å². The molecule has 0 atom stereocenters. The quantitative estimate of drug-likeness (QED) is 0.843. The first-order chi connectivity index (χ1) is 8.47. The lowest BCUT2D eigenvalue weighted by molar-refractivity contribution is -0.137. The second-order valence-electron chi connectivity index (χ2n) is 3.52. The molecule has 1 aromatic heterocycles. The maximum Gasteiger partial charge on any atom is 0.416 e. The first-order valence-electron chi connectivity index (χ1n) is 5.02. The van der Waals surface area contributed by atoms with E-state index in [1.165, 1.54) is 17.8 Å². The van der Waals surface area contributed by atoms with Gasteiger partial charge >= 0.3 is 6.18 Å². The van der Waals surface area contributed by atoms with Crippen molar-refractivity contribution in [1.29, 1.82) is 0 Å². The number of benzene rings is 1. The fraction of sp³-hybridized carbons (Fsp3) is 0.0833. The maximum atomic E-state index is 12.5. The van der Waals surface area contributed by atoms with Crippen molar-refractivity contribution >= 4 is 17.4 Å². The van der Waals surface area contributed by atoms with Gasteiger partial charge in [-0.05, 0) is 30.3 Å². The largest absolute Gasteiger partial charge is 0.416 e. The summed E-state index contributed by atoms with van der Waals surface area (Å²) in [5.74, 6) is 0. The molecule has 0 aliphatic rings. The van der Waals surface area contributed by atoms with Crippen molar-refractivity contribution in [1.82, 2.24) is 4.98 Å². The van der Waals surface area contributed by atoms with E-state index < -0.39 is 11.7 Å². The van der Waals surface area contributed by atoms with Crippen molar-refractivity contribution in [2.24, 2.45) is 0 Å². The fourth-order valence-corrected chi connectivity index (χ4v) is 2.14. The number of nitrogens with two attached hydrogens (primary N) is 1. The number of rotatable bonds is 2. The number of nitrogen functional groups attached to an aromatic ring is 1. The summed E-state index contributed by atoms with van der Waals surface area (Å²) < 4.78 is 37.4. The van der Waals surface area contributed by atoms with E-state index in [4.69, 9.17) is 5.73 Å². The van der Waals surface area contributed by atoms with Gasteiger partial charge in [-0.25, -0.2) is 4.98 Å². The molecule has 2 aromatic rings. The highest BCUT2D eigenvalue weighted by Gasteiger charge is 2.30. The van der Waals surface area contributed by atoms with E-state index in [1.54, 1.807) is 24.4 Å². The van der Waals surface area contributed by atoms with Gasteiger partial charge in [0, 0.05) is 16.8 Å². The third-order valence-electron chi connectivity index (χ3n) is 2.19. The van der Waals surface area contributed by atoms with Crippen LogP contribution in [0.4, 0.5) is 18.9 Å². The van der Waals surface area contributed by atoms with Crippen LogP contribution in [0.15, 0.2) is 52.5 Å². The lowest BCUT2D eigenvalue weighted by Crippen LogP contribution is -2.05. The Labute approximate surface area is 106 Å². The summed E-state index contributed by atoms with van der Waals surface area (Å²) in [5.41, 5.74) is 4.97. The highest BCUT2D eigenvalue weighted by Crippen LogP contribution is 2.36. The van der Waals surface area contributed by atoms with Crippen molar-refractivity contribution < 1.29 is 13.2 Å². The van der Waals surface area contributed by atoms with Crippen molar-refractivity contribution in [2.75, 3.05) is 5.73 Å². The van der Waals surface area contributed by atoms with Gasteiger partial charge in [0.25, 0.3) is 0 Å². The topological polar surface area (TPSA) is 38.9 Å². The lowest BCUT2D eigenvalue weighted by atomic mass is 10.2. The predicted octanol–water partition coefficient (Wildman–Crippen LogP) is 3.83. The number of anilines is 1. The molecule has 2 rings (SSSR count). The van der Waals surface area contributed by atoms with Crippen LogP contribution in [0.1, 0.15) is 5.56 Å². The molecular formula is C12H9F3N2S. The Balaban J connectivity index is 2.26. The van der Waals surface area contributed by atoms with Gasteiger partial charge in [-0.2, -0.15) is 13.2 Å². The monoisotopic (exact) mass is 270 g/mol. The number of hydrogen-bond acceptors (Lipinski definition) is 3. The molecule has 94 valence electrons. The summed E-state index contributed by atoms with van der Waals surface area (Å²) >= 11 is 1.23. The van der Waals surface area contributed by atoms with E-state index in [0.29, 0.717) is 9.92 Å². The van der Waals surface area contributed by atoms with Gasteiger partial charge in [-0.15, -0.1) is 0 Å². The molecule has 2 N–H and O–H groups in total. The Morgan fingerprint density at radius 3 is 2.44 bits per heavy atom. The van der Waals surface area contributed by atoms with Gasteiger partial charge in [-0.1, -0.05) is 17.8 Å². The minimum Gasteiger partial charge on any atom is -0.398 e. The zero-order valence-electron chi connectivity index (χ0n) is 9.11.